The van der Waals surface area contributed by atoms with Gasteiger partial charge in [-0.1, -0.05) is 51.0 Å². The molecule has 0 aromatic carbocycles. The number of nitrogens with two attached hydrogens (primary N) is 2. The number of hydrogen-bond acceptors (Lipinski definition) is 7. The minimum Gasteiger partial charge on any atom is -0.397 e. The number of carbonyl (C=O) groups is 1. The summed E-state index contributed by atoms with van der Waals surface area (Å²) in [5.41, 5.74) is 15.6. The second-order valence-electron chi connectivity index (χ2n) is 9.40. The Morgan fingerprint density at radius 3 is 2.82 bits per heavy atom. The lowest BCUT2D eigenvalue weighted by Crippen LogP contribution is -2.25. The van der Waals surface area contributed by atoms with Crippen LogP contribution in [0.3, 0.4) is 0 Å². The molecule has 2 aromatic rings. The highest BCUT2D eigenvalue weighted by atomic mass is 35.5. The fraction of sp³-hybridized carbons (Fsp3) is 0.286. The van der Waals surface area contributed by atoms with Gasteiger partial charge in [0.25, 0.3) is 0 Å². The highest BCUT2D eigenvalue weighted by molar-refractivity contribution is 6.82. The van der Waals surface area contributed by atoms with Gasteiger partial charge in [-0.2, -0.15) is 5.10 Å². The minimum absolute atomic E-state index is 0.0982. The van der Waals surface area contributed by atoms with E-state index in [1.165, 1.54) is 0 Å². The monoisotopic (exact) mass is 545 g/mol. The zero-order valence-corrected chi connectivity index (χ0v) is 23.2. The third-order valence-corrected chi connectivity index (χ3v) is 6.72. The van der Waals surface area contributed by atoms with Gasteiger partial charge in [-0.05, 0) is 41.8 Å². The standard InChI is InChI=1S/C27H30BClN6O.CH3NO/c1-18-8-9-22(29)12-25(28(4)17-30)35-27(18)23(13-33-35)19(2)15-36-16-21-11-24(31)20(3)34(14-21)26-7-5-6-10-32-26;2-1-3/h5-7,9-14,18-19H,3,8,15-16,31H2,1-2,4H3;1H,(H2,2,3)/b22-9-,25-12-;. The lowest BCUT2D eigenvalue weighted by molar-refractivity contribution is -0.106. The molecule has 1 amide bonds. The predicted octanol–water partition coefficient (Wildman–Crippen LogP) is 4.46. The molecule has 2 unspecified atom stereocenters. The van der Waals surface area contributed by atoms with Gasteiger partial charge in [0.15, 0.2) is 0 Å². The molecule has 9 nitrogen and oxygen atoms in total. The second-order valence-corrected chi connectivity index (χ2v) is 9.84. The molecule has 2 aliphatic rings. The number of carbonyl (C=O) groups excluding carboxylic acids is 1. The second kappa shape index (κ2) is 13.6. The van der Waals surface area contributed by atoms with Crippen LogP contribution in [0, 0.1) is 11.2 Å². The maximum atomic E-state index is 9.56. The highest BCUT2D eigenvalue weighted by Gasteiger charge is 2.27. The van der Waals surface area contributed by atoms with Crippen LogP contribution in [0.1, 0.15) is 43.4 Å². The number of nitrogens with zero attached hydrogens (tertiary/aromatic N) is 5. The summed E-state index contributed by atoms with van der Waals surface area (Å²) >= 11 is 6.38. The van der Waals surface area contributed by atoms with Crippen molar-refractivity contribution in [3.8, 4) is 5.97 Å². The molecule has 0 spiro atoms. The van der Waals surface area contributed by atoms with Gasteiger partial charge in [0.05, 0.1) is 30.8 Å². The van der Waals surface area contributed by atoms with E-state index in [0.29, 0.717) is 29.6 Å². The summed E-state index contributed by atoms with van der Waals surface area (Å²) in [5.74, 6) is 3.35. The first-order chi connectivity index (χ1) is 18.7. The maximum Gasteiger partial charge on any atom is 0.319 e. The van der Waals surface area contributed by atoms with E-state index in [2.05, 4.69) is 42.2 Å². The van der Waals surface area contributed by atoms with Crippen molar-refractivity contribution in [2.24, 2.45) is 11.5 Å². The molecule has 0 bridgehead atoms. The quantitative estimate of drug-likeness (QED) is 0.387. The molecule has 4 heterocycles. The Hall–Kier alpha value is -4.07. The summed E-state index contributed by atoms with van der Waals surface area (Å²) in [7, 11) is 0. The summed E-state index contributed by atoms with van der Waals surface area (Å²) in [4.78, 5) is 14.9. The number of anilines is 1. The Morgan fingerprint density at radius 2 is 2.15 bits per heavy atom. The number of aromatic nitrogens is 3. The van der Waals surface area contributed by atoms with Crippen molar-refractivity contribution < 1.29 is 9.53 Å². The van der Waals surface area contributed by atoms with Crippen molar-refractivity contribution in [1.29, 1.82) is 5.26 Å². The molecular formula is C28H33BClN7O2. The lowest BCUT2D eigenvalue weighted by atomic mass is 9.50. The van der Waals surface area contributed by atoms with E-state index in [1.54, 1.807) is 6.20 Å². The van der Waals surface area contributed by atoms with Crippen molar-refractivity contribution in [2.75, 3.05) is 18.1 Å². The average Bonchev–Trinajstić information content (AvgIpc) is 3.36. The number of rotatable bonds is 7. The Morgan fingerprint density at radius 1 is 1.41 bits per heavy atom. The van der Waals surface area contributed by atoms with Gasteiger partial charge in [-0.25, -0.2) is 14.9 Å². The summed E-state index contributed by atoms with van der Waals surface area (Å²) in [6.45, 7) is 10.8. The van der Waals surface area contributed by atoms with Crippen LogP contribution in [0.4, 0.5) is 5.82 Å². The topological polar surface area (TPSA) is 136 Å². The summed E-state index contributed by atoms with van der Waals surface area (Å²) in [6.07, 6.45) is 12.4. The van der Waals surface area contributed by atoms with Gasteiger partial charge >= 0.3 is 6.71 Å². The molecule has 0 saturated carbocycles. The fourth-order valence-electron chi connectivity index (χ4n) is 4.41. The van der Waals surface area contributed by atoms with Crippen LogP contribution >= 0.6 is 11.6 Å². The molecule has 0 saturated heterocycles. The maximum absolute atomic E-state index is 9.56. The van der Waals surface area contributed by atoms with Crippen molar-refractivity contribution in [3.05, 3.63) is 94.9 Å². The highest BCUT2D eigenvalue weighted by Crippen LogP contribution is 2.34. The van der Waals surface area contributed by atoms with E-state index >= 15 is 0 Å². The van der Waals surface area contributed by atoms with E-state index in [4.69, 9.17) is 26.9 Å². The largest absolute Gasteiger partial charge is 0.397 e. The number of pyridine rings is 1. The van der Waals surface area contributed by atoms with Gasteiger partial charge in [0.1, 0.15) is 5.82 Å². The third kappa shape index (κ3) is 7.08. The van der Waals surface area contributed by atoms with Crippen LogP contribution in [0.25, 0.3) is 5.60 Å². The molecule has 0 fully saturated rings. The van der Waals surface area contributed by atoms with E-state index < -0.39 is 0 Å². The number of amides is 1. The molecule has 39 heavy (non-hydrogen) atoms. The van der Waals surface area contributed by atoms with E-state index in [0.717, 1.165) is 34.7 Å². The number of ether oxygens (including phenoxy) is 1. The summed E-state index contributed by atoms with van der Waals surface area (Å²) in [6, 6.07) is 5.71. The number of hydrogen-bond donors (Lipinski definition) is 2. The van der Waals surface area contributed by atoms with Crippen LogP contribution < -0.4 is 16.4 Å². The lowest BCUT2D eigenvalue weighted by Gasteiger charge is -2.27. The molecule has 2 atom stereocenters. The predicted molar refractivity (Wildman–Crippen MR) is 156 cm³/mol. The number of halogens is 1. The average molecular weight is 546 g/mol. The van der Waals surface area contributed by atoms with Gasteiger partial charge in [-0.15, -0.1) is 0 Å². The van der Waals surface area contributed by atoms with Crippen LogP contribution in [0.2, 0.25) is 6.82 Å². The summed E-state index contributed by atoms with van der Waals surface area (Å²) < 4.78 is 8.03. The normalized spacial score (nSPS) is 20.1. The van der Waals surface area contributed by atoms with Crippen LogP contribution in [-0.4, -0.2) is 41.1 Å². The van der Waals surface area contributed by atoms with Crippen molar-refractivity contribution >= 4 is 36.1 Å². The van der Waals surface area contributed by atoms with Crippen LogP contribution in [-0.2, 0) is 9.53 Å². The molecule has 0 aliphatic carbocycles. The SMILES string of the molecule is C=C1C(N)=CC(COCC(C)c2cnn3c2C(C)C/C=C(Cl)/C=C\3B(C)C#N)=CN1c1ccccn1.NC=O. The number of fused-ring (bicyclic) bond motifs is 1. The number of allylic oxidation sites excluding steroid dienone is 3. The van der Waals surface area contributed by atoms with Crippen molar-refractivity contribution in [1.82, 2.24) is 14.8 Å². The Bertz CT molecular complexity index is 1360. The van der Waals surface area contributed by atoms with Crippen LogP contribution in [0.15, 0.2) is 83.6 Å². The first kappa shape index (κ1) is 29.5. The summed E-state index contributed by atoms with van der Waals surface area (Å²) in [5, 5.41) is 14.9. The fourth-order valence-corrected chi connectivity index (χ4v) is 4.61. The van der Waals surface area contributed by atoms with E-state index in [1.807, 2.05) is 65.2 Å². The first-order valence-electron chi connectivity index (χ1n) is 12.6. The van der Waals surface area contributed by atoms with Crippen LogP contribution in [0.5, 0.6) is 0 Å². The van der Waals surface area contributed by atoms with Crippen molar-refractivity contribution in [2.45, 2.75) is 38.9 Å². The number of primary amides is 1. The Balaban J connectivity index is 0.00000134. The smallest absolute Gasteiger partial charge is 0.319 e. The third-order valence-electron chi connectivity index (χ3n) is 6.46. The molecule has 4 N–H and O–H groups in total. The van der Waals surface area contributed by atoms with E-state index in [-0.39, 0.29) is 25.0 Å². The molecule has 2 aliphatic heterocycles. The molecular weight excluding hydrogens is 513 g/mol. The molecule has 0 radical (unpaired) electrons. The zero-order valence-electron chi connectivity index (χ0n) is 22.4. The van der Waals surface area contributed by atoms with E-state index in [9.17, 15) is 5.26 Å². The molecule has 4 rings (SSSR count). The minimum atomic E-state index is -0.345. The molecule has 11 heteroatoms. The van der Waals surface area contributed by atoms with Gasteiger partial charge < -0.3 is 21.1 Å². The first-order valence-corrected chi connectivity index (χ1v) is 12.9. The van der Waals surface area contributed by atoms with Gasteiger partial charge in [0.2, 0.25) is 6.41 Å². The van der Waals surface area contributed by atoms with Crippen molar-refractivity contribution in [3.63, 3.8) is 0 Å². The van der Waals surface area contributed by atoms with Gasteiger partial charge in [-0.3, -0.25) is 4.79 Å². The molecule has 202 valence electrons. The Kier molecular flexibility index (Phi) is 10.3. The zero-order chi connectivity index (χ0) is 28.5. The van der Waals surface area contributed by atoms with Gasteiger partial charge in [0, 0.05) is 46.5 Å². The number of nitriles is 1. The molecule has 2 aromatic heterocycles. The Labute approximate surface area is 234 Å².